The lowest BCUT2D eigenvalue weighted by atomic mass is 10.2. The second-order valence-corrected chi connectivity index (χ2v) is 4.61. The average Bonchev–Trinajstić information content (AvgIpc) is 2.76. The van der Waals surface area contributed by atoms with Gasteiger partial charge in [-0.2, -0.15) is 11.3 Å². The number of anilines is 1. The van der Waals surface area contributed by atoms with Gasteiger partial charge in [0.15, 0.2) is 0 Å². The van der Waals surface area contributed by atoms with E-state index >= 15 is 0 Å². The number of benzene rings is 1. The molecule has 4 heteroatoms. The van der Waals surface area contributed by atoms with Gasteiger partial charge in [0.05, 0.1) is 11.6 Å². The lowest BCUT2D eigenvalue weighted by molar-refractivity contribution is 0.322. The van der Waals surface area contributed by atoms with E-state index in [9.17, 15) is 0 Å². The number of ether oxygens (including phenoxy) is 1. The van der Waals surface area contributed by atoms with Crippen molar-refractivity contribution in [2.24, 2.45) is 0 Å². The molecule has 2 N–H and O–H groups in total. The smallest absolute Gasteiger partial charge is 0.139 e. The Morgan fingerprint density at radius 3 is 2.94 bits per heavy atom. The quantitative estimate of drug-likeness (QED) is 0.845. The molecule has 2 aromatic rings. The zero-order valence-corrected chi connectivity index (χ0v) is 10.2. The summed E-state index contributed by atoms with van der Waals surface area (Å²) in [4.78, 5) is 0. The van der Waals surface area contributed by atoms with Crippen LogP contribution in [0.4, 0.5) is 5.69 Å². The van der Waals surface area contributed by atoms with Gasteiger partial charge in [-0.05, 0) is 34.5 Å². The molecule has 0 saturated heterocycles. The summed E-state index contributed by atoms with van der Waals surface area (Å²) >= 11 is 7.67. The highest BCUT2D eigenvalue weighted by molar-refractivity contribution is 7.07. The molecule has 0 saturated carbocycles. The number of rotatable bonds is 4. The standard InChI is InChI=1S/C12H12ClNOS/c13-11-2-1-10(14)7-12(11)15-5-3-9-4-6-16-8-9/h1-2,4,6-8H,3,5,14H2. The fourth-order valence-corrected chi connectivity index (χ4v) is 2.22. The summed E-state index contributed by atoms with van der Waals surface area (Å²) < 4.78 is 5.58. The lowest BCUT2D eigenvalue weighted by Gasteiger charge is -2.07. The number of halogens is 1. The molecule has 84 valence electrons. The molecule has 2 nitrogen and oxygen atoms in total. The van der Waals surface area contributed by atoms with Crippen LogP contribution in [0.15, 0.2) is 35.0 Å². The molecule has 0 amide bonds. The lowest BCUT2D eigenvalue weighted by Crippen LogP contribution is -2.01. The second kappa shape index (κ2) is 5.23. The van der Waals surface area contributed by atoms with Gasteiger partial charge in [0.1, 0.15) is 5.75 Å². The summed E-state index contributed by atoms with van der Waals surface area (Å²) in [7, 11) is 0. The summed E-state index contributed by atoms with van der Waals surface area (Å²) in [5.74, 6) is 0.650. The van der Waals surface area contributed by atoms with Crippen molar-refractivity contribution in [1.29, 1.82) is 0 Å². The molecular weight excluding hydrogens is 242 g/mol. The fourth-order valence-electron chi connectivity index (χ4n) is 1.34. The van der Waals surface area contributed by atoms with E-state index in [0.29, 0.717) is 23.1 Å². The molecule has 0 aliphatic carbocycles. The van der Waals surface area contributed by atoms with Crippen LogP contribution in [-0.4, -0.2) is 6.61 Å². The minimum absolute atomic E-state index is 0.597. The third-order valence-electron chi connectivity index (χ3n) is 2.18. The van der Waals surface area contributed by atoms with Crippen molar-refractivity contribution < 1.29 is 4.74 Å². The van der Waals surface area contributed by atoms with Gasteiger partial charge in [-0.15, -0.1) is 0 Å². The van der Waals surface area contributed by atoms with E-state index in [1.807, 2.05) is 0 Å². The van der Waals surface area contributed by atoms with Gasteiger partial charge >= 0.3 is 0 Å². The Morgan fingerprint density at radius 1 is 1.31 bits per heavy atom. The van der Waals surface area contributed by atoms with E-state index < -0.39 is 0 Å². The molecule has 0 aliphatic rings. The molecule has 2 rings (SSSR count). The maximum absolute atomic E-state index is 5.98. The van der Waals surface area contributed by atoms with Crippen molar-refractivity contribution in [3.63, 3.8) is 0 Å². The van der Waals surface area contributed by atoms with Crippen LogP contribution in [-0.2, 0) is 6.42 Å². The number of nitrogen functional groups attached to an aromatic ring is 1. The molecule has 1 heterocycles. The zero-order valence-electron chi connectivity index (χ0n) is 8.65. The highest BCUT2D eigenvalue weighted by Gasteiger charge is 2.02. The van der Waals surface area contributed by atoms with E-state index in [2.05, 4.69) is 16.8 Å². The van der Waals surface area contributed by atoms with E-state index in [1.165, 1.54) is 5.56 Å². The Balaban J connectivity index is 1.92. The van der Waals surface area contributed by atoms with E-state index in [4.69, 9.17) is 22.1 Å². The van der Waals surface area contributed by atoms with Crippen LogP contribution < -0.4 is 10.5 Å². The van der Waals surface area contributed by atoms with Crippen molar-refractivity contribution in [3.05, 3.63) is 45.6 Å². The Morgan fingerprint density at radius 2 is 2.19 bits per heavy atom. The fraction of sp³-hybridized carbons (Fsp3) is 0.167. The number of nitrogens with two attached hydrogens (primary N) is 1. The maximum atomic E-state index is 5.98. The van der Waals surface area contributed by atoms with Gasteiger partial charge in [0.2, 0.25) is 0 Å². The van der Waals surface area contributed by atoms with Crippen LogP contribution in [0.5, 0.6) is 5.75 Å². The predicted molar refractivity (Wildman–Crippen MR) is 69.4 cm³/mol. The molecule has 1 aromatic carbocycles. The topological polar surface area (TPSA) is 35.2 Å². The minimum Gasteiger partial charge on any atom is -0.492 e. The first-order valence-corrected chi connectivity index (χ1v) is 6.26. The van der Waals surface area contributed by atoms with E-state index in [1.54, 1.807) is 29.5 Å². The molecule has 0 bridgehead atoms. The van der Waals surface area contributed by atoms with Crippen LogP contribution in [0.25, 0.3) is 0 Å². The van der Waals surface area contributed by atoms with Crippen molar-refractivity contribution >= 4 is 28.6 Å². The first-order valence-electron chi connectivity index (χ1n) is 4.94. The molecule has 1 aromatic heterocycles. The minimum atomic E-state index is 0.597. The van der Waals surface area contributed by atoms with Crippen LogP contribution in [0.2, 0.25) is 5.02 Å². The predicted octanol–water partition coefficient (Wildman–Crippen LogP) is 3.61. The van der Waals surface area contributed by atoms with Gasteiger partial charge < -0.3 is 10.5 Å². The number of hydrogen-bond donors (Lipinski definition) is 1. The normalized spacial score (nSPS) is 10.3. The third kappa shape index (κ3) is 2.90. The SMILES string of the molecule is Nc1ccc(Cl)c(OCCc2ccsc2)c1. The van der Waals surface area contributed by atoms with Gasteiger partial charge in [0, 0.05) is 18.2 Å². The first-order chi connectivity index (χ1) is 7.75. The highest BCUT2D eigenvalue weighted by Crippen LogP contribution is 2.26. The number of thiophene rings is 1. The summed E-state index contributed by atoms with van der Waals surface area (Å²) in [6.07, 6.45) is 0.884. The Kier molecular flexibility index (Phi) is 3.70. The average molecular weight is 254 g/mol. The van der Waals surface area contributed by atoms with Crippen molar-refractivity contribution in [2.45, 2.75) is 6.42 Å². The molecular formula is C12H12ClNOS. The van der Waals surface area contributed by atoms with Crippen LogP contribution in [0.1, 0.15) is 5.56 Å². The third-order valence-corrected chi connectivity index (χ3v) is 3.23. The van der Waals surface area contributed by atoms with Gasteiger partial charge in [0.25, 0.3) is 0 Å². The van der Waals surface area contributed by atoms with Crippen molar-refractivity contribution in [1.82, 2.24) is 0 Å². The highest BCUT2D eigenvalue weighted by atomic mass is 35.5. The zero-order chi connectivity index (χ0) is 11.4. The van der Waals surface area contributed by atoms with Crippen molar-refractivity contribution in [2.75, 3.05) is 12.3 Å². The van der Waals surface area contributed by atoms with E-state index in [0.717, 1.165) is 6.42 Å². The summed E-state index contributed by atoms with van der Waals surface area (Å²) in [6, 6.07) is 7.34. The molecule has 0 atom stereocenters. The maximum Gasteiger partial charge on any atom is 0.139 e. The summed E-state index contributed by atoms with van der Waals surface area (Å²) in [5.41, 5.74) is 7.60. The Hall–Kier alpha value is -1.19. The largest absolute Gasteiger partial charge is 0.492 e. The Labute approximate surface area is 104 Å². The van der Waals surface area contributed by atoms with E-state index in [-0.39, 0.29) is 0 Å². The van der Waals surface area contributed by atoms with Crippen LogP contribution in [0, 0.1) is 0 Å². The molecule has 0 unspecified atom stereocenters. The monoisotopic (exact) mass is 253 g/mol. The molecule has 0 radical (unpaired) electrons. The Bertz CT molecular complexity index is 456. The van der Waals surface area contributed by atoms with Gasteiger partial charge in [-0.1, -0.05) is 11.6 Å². The second-order valence-electron chi connectivity index (χ2n) is 3.42. The number of hydrogen-bond acceptors (Lipinski definition) is 3. The summed E-state index contributed by atoms with van der Waals surface area (Å²) in [5, 5.41) is 4.77. The molecule has 0 aliphatic heterocycles. The summed E-state index contributed by atoms with van der Waals surface area (Å²) in [6.45, 7) is 0.611. The van der Waals surface area contributed by atoms with Gasteiger partial charge in [-0.3, -0.25) is 0 Å². The molecule has 16 heavy (non-hydrogen) atoms. The first kappa shape index (κ1) is 11.3. The van der Waals surface area contributed by atoms with Crippen LogP contribution >= 0.6 is 22.9 Å². The molecule has 0 spiro atoms. The van der Waals surface area contributed by atoms with Gasteiger partial charge in [-0.25, -0.2) is 0 Å². The van der Waals surface area contributed by atoms with Crippen LogP contribution in [0.3, 0.4) is 0 Å². The van der Waals surface area contributed by atoms with Crippen molar-refractivity contribution in [3.8, 4) is 5.75 Å². The molecule has 0 fully saturated rings.